The van der Waals surface area contributed by atoms with Crippen LogP contribution >= 0.6 is 11.6 Å². The van der Waals surface area contributed by atoms with Crippen molar-refractivity contribution >= 4 is 27.5 Å². The molecule has 0 saturated carbocycles. The molecule has 1 aromatic carbocycles. The number of nitrogens with zero attached hydrogens (tertiary/aromatic N) is 1. The number of carbonyl (C=O) groups excluding carboxylic acids is 1. The summed E-state index contributed by atoms with van der Waals surface area (Å²) in [4.78, 5) is 12.5. The van der Waals surface area contributed by atoms with Crippen molar-refractivity contribution in [3.8, 4) is 0 Å². The summed E-state index contributed by atoms with van der Waals surface area (Å²) in [5.41, 5.74) is 0.833. The predicted octanol–water partition coefficient (Wildman–Crippen LogP) is 2.96. The number of carbonyl (C=O) groups is 1. The Morgan fingerprint density at radius 1 is 1.46 bits per heavy atom. The number of aryl methyl sites for hydroxylation is 1. The third kappa shape index (κ3) is 4.29. The Morgan fingerprint density at radius 3 is 2.79 bits per heavy atom. The zero-order chi connectivity index (χ0) is 17.9. The van der Waals surface area contributed by atoms with Crippen molar-refractivity contribution in [3.63, 3.8) is 0 Å². The maximum Gasteiger partial charge on any atom is 0.243 e. The van der Waals surface area contributed by atoms with Gasteiger partial charge >= 0.3 is 0 Å². The molecule has 1 N–H and O–H groups in total. The number of benzene rings is 1. The van der Waals surface area contributed by atoms with Gasteiger partial charge in [-0.05, 0) is 50.8 Å². The Kier molecular flexibility index (Phi) is 6.28. The maximum absolute atomic E-state index is 12.8. The minimum Gasteiger partial charge on any atom is -0.353 e. The molecular formula is C17H25ClN2O3S. The van der Waals surface area contributed by atoms with E-state index in [9.17, 15) is 13.2 Å². The van der Waals surface area contributed by atoms with E-state index < -0.39 is 10.0 Å². The van der Waals surface area contributed by atoms with E-state index in [2.05, 4.69) is 5.32 Å². The zero-order valence-corrected chi connectivity index (χ0v) is 16.0. The largest absolute Gasteiger partial charge is 0.353 e. The van der Waals surface area contributed by atoms with Crippen LogP contribution in [-0.2, 0) is 14.8 Å². The lowest BCUT2D eigenvalue weighted by Gasteiger charge is -2.31. The van der Waals surface area contributed by atoms with Gasteiger partial charge in [-0.25, -0.2) is 8.42 Å². The van der Waals surface area contributed by atoms with E-state index in [-0.39, 0.29) is 29.3 Å². The predicted molar refractivity (Wildman–Crippen MR) is 95.6 cm³/mol. The van der Waals surface area contributed by atoms with Crippen molar-refractivity contribution in [3.05, 3.63) is 28.8 Å². The molecule has 5 nitrogen and oxygen atoms in total. The molecule has 0 aliphatic carbocycles. The van der Waals surface area contributed by atoms with Gasteiger partial charge in [0.25, 0.3) is 0 Å². The van der Waals surface area contributed by atoms with Gasteiger partial charge in [-0.1, -0.05) is 24.6 Å². The van der Waals surface area contributed by atoms with Gasteiger partial charge in [-0.15, -0.1) is 0 Å². The van der Waals surface area contributed by atoms with Crippen LogP contribution in [0.2, 0.25) is 5.02 Å². The summed E-state index contributed by atoms with van der Waals surface area (Å²) >= 11 is 6.06. The molecule has 0 spiro atoms. The second-order valence-corrected chi connectivity index (χ2v) is 8.78. The number of rotatable bonds is 5. The van der Waals surface area contributed by atoms with Crippen LogP contribution in [0.1, 0.15) is 38.7 Å². The second-order valence-electron chi connectivity index (χ2n) is 6.43. The first-order valence-corrected chi connectivity index (χ1v) is 10.1. The number of amides is 1. The van der Waals surface area contributed by atoms with Gasteiger partial charge in [0.1, 0.15) is 0 Å². The highest BCUT2D eigenvalue weighted by atomic mass is 35.5. The van der Waals surface area contributed by atoms with Gasteiger partial charge in [0, 0.05) is 24.2 Å². The summed E-state index contributed by atoms with van der Waals surface area (Å²) < 4.78 is 27.1. The van der Waals surface area contributed by atoms with Crippen molar-refractivity contribution in [1.29, 1.82) is 0 Å². The van der Waals surface area contributed by atoms with Gasteiger partial charge in [0.05, 0.1) is 10.8 Å². The average Bonchev–Trinajstić information content (AvgIpc) is 2.57. The van der Waals surface area contributed by atoms with E-state index in [0.717, 1.165) is 12.0 Å². The first-order valence-electron chi connectivity index (χ1n) is 8.32. The van der Waals surface area contributed by atoms with E-state index in [0.29, 0.717) is 24.4 Å². The van der Waals surface area contributed by atoms with Gasteiger partial charge < -0.3 is 5.32 Å². The highest BCUT2D eigenvalue weighted by molar-refractivity contribution is 7.89. The van der Waals surface area contributed by atoms with Crippen LogP contribution in [0.25, 0.3) is 0 Å². The lowest BCUT2D eigenvalue weighted by molar-refractivity contribution is -0.126. The molecule has 0 aromatic heterocycles. The second kappa shape index (κ2) is 7.85. The number of nitrogens with one attached hydrogen (secondary N) is 1. The number of sulfonamides is 1. The van der Waals surface area contributed by atoms with Crippen molar-refractivity contribution in [1.82, 2.24) is 9.62 Å². The molecule has 1 saturated heterocycles. The third-order valence-electron chi connectivity index (χ3n) is 4.54. The SMILES string of the molecule is CC[C@@H](C)NC(=O)[C@@H]1CCCN(S(=O)(=O)c2ccc(C)c(Cl)c2)C1. The van der Waals surface area contributed by atoms with Crippen LogP contribution in [0.4, 0.5) is 0 Å². The minimum absolute atomic E-state index is 0.0637. The quantitative estimate of drug-likeness (QED) is 0.864. The summed E-state index contributed by atoms with van der Waals surface area (Å²) in [6.07, 6.45) is 2.24. The van der Waals surface area contributed by atoms with E-state index >= 15 is 0 Å². The summed E-state index contributed by atoms with van der Waals surface area (Å²) in [7, 11) is -3.63. The number of hydrogen-bond acceptors (Lipinski definition) is 3. The highest BCUT2D eigenvalue weighted by Crippen LogP contribution is 2.26. The minimum atomic E-state index is -3.63. The fraction of sp³-hybridized carbons (Fsp3) is 0.588. The van der Waals surface area contributed by atoms with Crippen LogP contribution in [0, 0.1) is 12.8 Å². The first-order chi connectivity index (χ1) is 11.3. The van der Waals surface area contributed by atoms with Crippen LogP contribution in [0.15, 0.2) is 23.1 Å². The summed E-state index contributed by atoms with van der Waals surface area (Å²) in [5.74, 6) is -0.366. The fourth-order valence-corrected chi connectivity index (χ4v) is 4.52. The molecule has 24 heavy (non-hydrogen) atoms. The van der Waals surface area contributed by atoms with Crippen LogP contribution < -0.4 is 5.32 Å². The fourth-order valence-electron chi connectivity index (χ4n) is 2.72. The molecule has 1 aromatic rings. The average molecular weight is 373 g/mol. The van der Waals surface area contributed by atoms with E-state index in [4.69, 9.17) is 11.6 Å². The van der Waals surface area contributed by atoms with E-state index in [1.807, 2.05) is 20.8 Å². The van der Waals surface area contributed by atoms with Gasteiger partial charge in [0.2, 0.25) is 15.9 Å². The number of halogens is 1. The lowest BCUT2D eigenvalue weighted by atomic mass is 9.98. The molecule has 0 unspecified atom stereocenters. The molecule has 1 fully saturated rings. The van der Waals surface area contributed by atoms with Gasteiger partial charge in [-0.3, -0.25) is 4.79 Å². The smallest absolute Gasteiger partial charge is 0.243 e. The van der Waals surface area contributed by atoms with E-state index in [1.54, 1.807) is 12.1 Å². The van der Waals surface area contributed by atoms with Crippen molar-refractivity contribution < 1.29 is 13.2 Å². The van der Waals surface area contributed by atoms with Crippen molar-refractivity contribution in [2.45, 2.75) is 51.0 Å². The van der Waals surface area contributed by atoms with Crippen LogP contribution in [-0.4, -0.2) is 37.8 Å². The highest BCUT2D eigenvalue weighted by Gasteiger charge is 2.33. The standard InChI is InChI=1S/C17H25ClN2O3S/c1-4-13(3)19-17(21)14-6-5-9-20(11-14)24(22,23)15-8-7-12(2)16(18)10-15/h7-8,10,13-14H,4-6,9,11H2,1-3H3,(H,19,21)/t13-,14-/m1/s1. The third-order valence-corrected chi connectivity index (χ3v) is 6.81. The Labute approximate surface area is 149 Å². The van der Waals surface area contributed by atoms with Crippen LogP contribution in [0.5, 0.6) is 0 Å². The molecule has 7 heteroatoms. The first kappa shape index (κ1) is 19.2. The summed E-state index contributed by atoms with van der Waals surface area (Å²) in [6.45, 7) is 6.43. The van der Waals surface area contributed by atoms with Gasteiger partial charge in [0.15, 0.2) is 0 Å². The molecule has 1 aliphatic rings. The Hall–Kier alpha value is -1.11. The molecule has 1 amide bonds. The summed E-state index contributed by atoms with van der Waals surface area (Å²) in [6, 6.07) is 4.85. The Morgan fingerprint density at radius 2 is 2.17 bits per heavy atom. The van der Waals surface area contributed by atoms with Crippen molar-refractivity contribution in [2.24, 2.45) is 5.92 Å². The van der Waals surface area contributed by atoms with E-state index in [1.165, 1.54) is 10.4 Å². The topological polar surface area (TPSA) is 66.5 Å². The number of piperidine rings is 1. The molecule has 134 valence electrons. The molecule has 2 rings (SSSR count). The van der Waals surface area contributed by atoms with Crippen molar-refractivity contribution in [2.75, 3.05) is 13.1 Å². The molecule has 1 heterocycles. The summed E-state index contributed by atoms with van der Waals surface area (Å²) in [5, 5.41) is 3.38. The molecular weight excluding hydrogens is 348 g/mol. The normalized spacial score (nSPS) is 20.6. The molecule has 1 aliphatic heterocycles. The Bertz CT molecular complexity index is 706. The van der Waals surface area contributed by atoms with Crippen LogP contribution in [0.3, 0.4) is 0 Å². The Balaban J connectivity index is 2.15. The molecule has 2 atom stereocenters. The lowest BCUT2D eigenvalue weighted by Crippen LogP contribution is -2.47. The number of hydrogen-bond donors (Lipinski definition) is 1. The molecule has 0 bridgehead atoms. The van der Waals surface area contributed by atoms with Gasteiger partial charge in [-0.2, -0.15) is 4.31 Å². The zero-order valence-electron chi connectivity index (χ0n) is 14.4. The molecule has 0 radical (unpaired) electrons. The monoisotopic (exact) mass is 372 g/mol. The maximum atomic E-state index is 12.8.